The summed E-state index contributed by atoms with van der Waals surface area (Å²) >= 11 is 7.86. The summed E-state index contributed by atoms with van der Waals surface area (Å²) in [5.41, 5.74) is 6.07. The number of rotatable bonds is 8. The van der Waals surface area contributed by atoms with Crippen LogP contribution in [0, 0.1) is 13.8 Å². The number of carbonyl (C=O) groups excluding carboxylic acids is 1. The number of hydrogen-bond acceptors (Lipinski definition) is 6. The van der Waals surface area contributed by atoms with Gasteiger partial charge in [0.25, 0.3) is 5.91 Å². The fraction of sp³-hybridized carbons (Fsp3) is 0.233. The van der Waals surface area contributed by atoms with Gasteiger partial charge in [0.2, 0.25) is 11.1 Å². The Labute approximate surface area is 237 Å². The Morgan fingerprint density at radius 1 is 1.10 bits per heavy atom. The Balaban J connectivity index is 1.52. The molecule has 2 N–H and O–H groups in total. The Morgan fingerprint density at radius 2 is 1.92 bits per heavy atom. The van der Waals surface area contributed by atoms with Gasteiger partial charge in [0.1, 0.15) is 11.8 Å². The lowest BCUT2D eigenvalue weighted by Gasteiger charge is -2.29. The number of ether oxygens (including phenoxy) is 1. The van der Waals surface area contributed by atoms with E-state index < -0.39 is 6.04 Å². The van der Waals surface area contributed by atoms with E-state index in [1.54, 1.807) is 4.68 Å². The fourth-order valence-electron chi connectivity index (χ4n) is 4.64. The molecule has 3 aromatic carbocycles. The fourth-order valence-corrected chi connectivity index (χ4v) is 5.75. The Kier molecular flexibility index (Phi) is 7.95. The van der Waals surface area contributed by atoms with Gasteiger partial charge in [-0.3, -0.25) is 4.79 Å². The van der Waals surface area contributed by atoms with E-state index in [-0.39, 0.29) is 5.91 Å². The van der Waals surface area contributed by atoms with E-state index in [0.29, 0.717) is 39.8 Å². The van der Waals surface area contributed by atoms with Gasteiger partial charge in [-0.15, -0.1) is 5.10 Å². The third kappa shape index (κ3) is 5.82. The summed E-state index contributed by atoms with van der Waals surface area (Å²) in [7, 11) is 0. The monoisotopic (exact) mass is 559 g/mol. The molecule has 39 heavy (non-hydrogen) atoms. The molecule has 2 heterocycles. The predicted octanol–water partition coefficient (Wildman–Crippen LogP) is 7.17. The van der Waals surface area contributed by atoms with Crippen LogP contribution in [0.3, 0.4) is 0 Å². The summed E-state index contributed by atoms with van der Waals surface area (Å²) in [5, 5.41) is 12.6. The van der Waals surface area contributed by atoms with Gasteiger partial charge in [-0.2, -0.15) is 4.98 Å². The number of fused-ring (bicyclic) bond motifs is 1. The molecule has 1 aliphatic rings. The third-order valence-electron chi connectivity index (χ3n) is 6.51. The molecule has 5 rings (SSSR count). The van der Waals surface area contributed by atoms with Crippen molar-refractivity contribution in [1.82, 2.24) is 14.8 Å². The number of benzene rings is 3. The SMILES string of the molecule is CCOc1cccc(C2C(C(=O)Nc3ccc(C)cc3C)=C(C)Nc3nc(SCc4ccccc4Cl)nn32)c1. The van der Waals surface area contributed by atoms with Crippen LogP contribution in [0.15, 0.2) is 83.2 Å². The lowest BCUT2D eigenvalue weighted by molar-refractivity contribution is -0.113. The number of thioether (sulfide) groups is 1. The minimum absolute atomic E-state index is 0.204. The first kappa shape index (κ1) is 26.8. The Morgan fingerprint density at radius 3 is 2.69 bits per heavy atom. The molecule has 9 heteroatoms. The summed E-state index contributed by atoms with van der Waals surface area (Å²) in [6.45, 7) is 8.41. The van der Waals surface area contributed by atoms with Crippen molar-refractivity contribution in [3.8, 4) is 5.75 Å². The first-order valence-electron chi connectivity index (χ1n) is 12.8. The van der Waals surface area contributed by atoms with Crippen molar-refractivity contribution in [3.05, 3.63) is 105 Å². The summed E-state index contributed by atoms with van der Waals surface area (Å²) in [4.78, 5) is 18.6. The highest BCUT2D eigenvalue weighted by Gasteiger charge is 2.35. The molecule has 1 atom stereocenters. The van der Waals surface area contributed by atoms with Crippen molar-refractivity contribution < 1.29 is 9.53 Å². The van der Waals surface area contributed by atoms with Gasteiger partial charge in [-0.1, -0.05) is 71.4 Å². The topological polar surface area (TPSA) is 81.1 Å². The maximum Gasteiger partial charge on any atom is 0.255 e. The van der Waals surface area contributed by atoms with E-state index in [4.69, 9.17) is 26.4 Å². The number of nitrogens with zero attached hydrogens (tertiary/aromatic N) is 3. The molecule has 200 valence electrons. The highest BCUT2D eigenvalue weighted by atomic mass is 35.5. The number of carbonyl (C=O) groups is 1. The average molecular weight is 560 g/mol. The second kappa shape index (κ2) is 11.6. The average Bonchev–Trinajstić information content (AvgIpc) is 3.31. The van der Waals surface area contributed by atoms with Crippen LogP contribution in [0.2, 0.25) is 5.02 Å². The van der Waals surface area contributed by atoms with E-state index in [2.05, 4.69) is 16.7 Å². The number of aryl methyl sites for hydroxylation is 2. The standard InChI is InChI=1S/C30H30ClN5O2S/c1-5-38-23-11-8-10-21(16-23)27-26(28(37)33-25-14-13-18(2)15-19(25)3)20(4)32-29-34-30(35-36(27)29)39-17-22-9-6-7-12-24(22)31/h6-16,27H,5,17H2,1-4H3,(H,33,37)(H,32,34,35). The third-order valence-corrected chi connectivity index (χ3v) is 7.76. The van der Waals surface area contributed by atoms with E-state index in [0.717, 1.165) is 33.7 Å². The van der Waals surface area contributed by atoms with Gasteiger partial charge in [0.05, 0.1) is 12.2 Å². The zero-order valence-electron chi connectivity index (χ0n) is 22.3. The van der Waals surface area contributed by atoms with Crippen molar-refractivity contribution in [3.63, 3.8) is 0 Å². The molecular weight excluding hydrogens is 530 g/mol. The molecule has 0 saturated carbocycles. The zero-order chi connectivity index (χ0) is 27.5. The van der Waals surface area contributed by atoms with Crippen molar-refractivity contribution >= 4 is 40.9 Å². The van der Waals surface area contributed by atoms with Crippen LogP contribution in [-0.2, 0) is 10.5 Å². The molecular formula is C30H30ClN5O2S. The van der Waals surface area contributed by atoms with Crippen LogP contribution < -0.4 is 15.4 Å². The maximum absolute atomic E-state index is 13.9. The number of halogens is 1. The minimum Gasteiger partial charge on any atom is -0.494 e. The van der Waals surface area contributed by atoms with E-state index >= 15 is 0 Å². The second-order valence-corrected chi connectivity index (χ2v) is 10.7. The van der Waals surface area contributed by atoms with Gasteiger partial charge in [-0.25, -0.2) is 4.68 Å². The molecule has 0 bridgehead atoms. The first-order chi connectivity index (χ1) is 18.8. The van der Waals surface area contributed by atoms with Crippen LogP contribution in [0.25, 0.3) is 0 Å². The van der Waals surface area contributed by atoms with Crippen molar-refractivity contribution in [1.29, 1.82) is 0 Å². The molecule has 4 aromatic rings. The van der Waals surface area contributed by atoms with Crippen molar-refractivity contribution in [2.75, 3.05) is 17.2 Å². The van der Waals surface area contributed by atoms with E-state index in [1.165, 1.54) is 11.8 Å². The lowest BCUT2D eigenvalue weighted by atomic mass is 9.94. The second-order valence-electron chi connectivity index (χ2n) is 9.39. The number of amides is 1. The van der Waals surface area contributed by atoms with Crippen LogP contribution in [-0.4, -0.2) is 27.3 Å². The van der Waals surface area contributed by atoms with Gasteiger partial charge in [0, 0.05) is 22.2 Å². The first-order valence-corrected chi connectivity index (χ1v) is 14.1. The molecule has 1 amide bonds. The summed E-state index contributed by atoms with van der Waals surface area (Å²) in [5.74, 6) is 1.73. The van der Waals surface area contributed by atoms with Crippen molar-refractivity contribution in [2.24, 2.45) is 0 Å². The zero-order valence-corrected chi connectivity index (χ0v) is 23.9. The quantitative estimate of drug-likeness (QED) is 0.223. The molecule has 0 saturated heterocycles. The van der Waals surface area contributed by atoms with Crippen LogP contribution in [0.4, 0.5) is 11.6 Å². The number of allylic oxidation sites excluding steroid dienone is 1. The molecule has 1 unspecified atom stereocenters. The summed E-state index contributed by atoms with van der Waals surface area (Å²) in [6, 6.07) is 21.0. The number of hydrogen-bond donors (Lipinski definition) is 2. The molecule has 1 aromatic heterocycles. The largest absolute Gasteiger partial charge is 0.494 e. The molecule has 0 aliphatic carbocycles. The van der Waals surface area contributed by atoms with Gasteiger partial charge in [0.15, 0.2) is 0 Å². The summed E-state index contributed by atoms with van der Waals surface area (Å²) < 4.78 is 7.56. The van der Waals surface area contributed by atoms with Gasteiger partial charge < -0.3 is 15.4 Å². The molecule has 0 radical (unpaired) electrons. The number of nitrogens with one attached hydrogen (secondary N) is 2. The Hall–Kier alpha value is -3.75. The van der Waals surface area contributed by atoms with E-state index in [1.807, 2.05) is 88.4 Å². The van der Waals surface area contributed by atoms with Crippen LogP contribution >= 0.6 is 23.4 Å². The Bertz CT molecular complexity index is 1560. The predicted molar refractivity (Wildman–Crippen MR) is 158 cm³/mol. The molecule has 1 aliphatic heterocycles. The maximum atomic E-state index is 13.9. The van der Waals surface area contributed by atoms with E-state index in [9.17, 15) is 4.79 Å². The molecule has 0 fully saturated rings. The van der Waals surface area contributed by atoms with Crippen LogP contribution in [0.5, 0.6) is 5.75 Å². The van der Waals surface area contributed by atoms with Crippen LogP contribution in [0.1, 0.15) is 42.1 Å². The highest BCUT2D eigenvalue weighted by molar-refractivity contribution is 7.98. The normalized spacial score (nSPS) is 14.5. The van der Waals surface area contributed by atoms with Gasteiger partial charge >= 0.3 is 0 Å². The smallest absolute Gasteiger partial charge is 0.255 e. The van der Waals surface area contributed by atoms with Crippen molar-refractivity contribution in [2.45, 2.75) is 44.6 Å². The summed E-state index contributed by atoms with van der Waals surface area (Å²) in [6.07, 6.45) is 0. The highest BCUT2D eigenvalue weighted by Crippen LogP contribution is 2.38. The minimum atomic E-state index is -0.505. The lowest BCUT2D eigenvalue weighted by Crippen LogP contribution is -2.31. The van der Waals surface area contributed by atoms with Gasteiger partial charge in [-0.05, 0) is 68.7 Å². The number of aromatic nitrogens is 3. The molecule has 7 nitrogen and oxygen atoms in total. The number of anilines is 2. The molecule has 0 spiro atoms.